The lowest BCUT2D eigenvalue weighted by atomic mass is 9.96. The zero-order valence-electron chi connectivity index (χ0n) is 24.4. The number of ether oxygens (including phenoxy) is 4. The van der Waals surface area contributed by atoms with Crippen LogP contribution in [0.15, 0.2) is 48.5 Å². The van der Waals surface area contributed by atoms with Gasteiger partial charge in [-0.05, 0) is 37.1 Å². The van der Waals surface area contributed by atoms with E-state index in [9.17, 15) is 4.79 Å². The van der Waals surface area contributed by atoms with Crippen molar-refractivity contribution in [3.05, 3.63) is 54.1 Å². The van der Waals surface area contributed by atoms with Crippen LogP contribution in [0.25, 0.3) is 0 Å². The van der Waals surface area contributed by atoms with Gasteiger partial charge in [0, 0.05) is 36.4 Å². The highest BCUT2D eigenvalue weighted by Crippen LogP contribution is 2.31. The molecule has 1 aliphatic carbocycles. The molecule has 0 aliphatic heterocycles. The normalized spacial score (nSPS) is 13.3. The van der Waals surface area contributed by atoms with Crippen molar-refractivity contribution >= 4 is 29.4 Å². The molecule has 12 heteroatoms. The predicted molar refractivity (Wildman–Crippen MR) is 162 cm³/mol. The van der Waals surface area contributed by atoms with E-state index < -0.39 is 0 Å². The fraction of sp³-hybridized carbons (Fsp3) is 0.467. The van der Waals surface area contributed by atoms with Crippen molar-refractivity contribution in [3.8, 4) is 11.5 Å². The molecular formula is C30H41N7O5. The van der Waals surface area contributed by atoms with Gasteiger partial charge in [-0.3, -0.25) is 4.79 Å². The molecule has 1 aliphatic rings. The zero-order valence-corrected chi connectivity index (χ0v) is 24.4. The minimum atomic E-state index is -0.112. The van der Waals surface area contributed by atoms with E-state index in [-0.39, 0.29) is 5.91 Å². The molecule has 1 saturated carbocycles. The Hall–Kier alpha value is -4.16. The molecule has 0 radical (unpaired) electrons. The van der Waals surface area contributed by atoms with Crippen molar-refractivity contribution < 1.29 is 23.7 Å². The van der Waals surface area contributed by atoms with Gasteiger partial charge in [0.05, 0.1) is 40.6 Å². The van der Waals surface area contributed by atoms with Gasteiger partial charge < -0.3 is 40.2 Å². The maximum atomic E-state index is 12.0. The number of methoxy groups -OCH3 is 2. The van der Waals surface area contributed by atoms with Gasteiger partial charge in [0.2, 0.25) is 17.8 Å². The molecule has 3 aromatic rings. The second-order valence-corrected chi connectivity index (χ2v) is 9.75. The molecule has 2 aromatic carbocycles. The van der Waals surface area contributed by atoms with Crippen molar-refractivity contribution in [2.75, 3.05) is 69.7 Å². The molecule has 1 amide bonds. The van der Waals surface area contributed by atoms with Gasteiger partial charge in [-0.1, -0.05) is 37.5 Å². The summed E-state index contributed by atoms with van der Waals surface area (Å²) in [5.74, 6) is 2.51. The fourth-order valence-electron chi connectivity index (χ4n) is 4.53. The third-order valence-corrected chi connectivity index (χ3v) is 6.68. The summed E-state index contributed by atoms with van der Waals surface area (Å²) in [7, 11) is 3.20. The maximum absolute atomic E-state index is 12.0. The second kappa shape index (κ2) is 16.9. The SMILES string of the molecule is COc1ccc(Nc2nc(NCCOCCOCCNC(=O)c3ccccc3)nc(NC3CCCCC3)n2)cc1OC. The Labute approximate surface area is 246 Å². The number of hydrogen-bond acceptors (Lipinski definition) is 11. The number of amides is 1. The Kier molecular flexibility index (Phi) is 12.4. The Morgan fingerprint density at radius 1 is 0.786 bits per heavy atom. The van der Waals surface area contributed by atoms with E-state index in [2.05, 4.69) is 36.2 Å². The molecule has 0 atom stereocenters. The van der Waals surface area contributed by atoms with Gasteiger partial charge in [-0.25, -0.2) is 0 Å². The van der Waals surface area contributed by atoms with Crippen molar-refractivity contribution in [2.45, 2.75) is 38.1 Å². The van der Waals surface area contributed by atoms with E-state index >= 15 is 0 Å². The molecular weight excluding hydrogens is 538 g/mol. The zero-order chi connectivity index (χ0) is 29.4. The molecule has 226 valence electrons. The van der Waals surface area contributed by atoms with Gasteiger partial charge in [-0.15, -0.1) is 0 Å². The summed E-state index contributed by atoms with van der Waals surface area (Å²) in [4.78, 5) is 25.8. The summed E-state index contributed by atoms with van der Waals surface area (Å²) in [5, 5.41) is 12.8. The minimum Gasteiger partial charge on any atom is -0.493 e. The highest BCUT2D eigenvalue weighted by Gasteiger charge is 2.16. The van der Waals surface area contributed by atoms with Crippen LogP contribution in [0.1, 0.15) is 42.5 Å². The number of nitrogens with one attached hydrogen (secondary N) is 4. The van der Waals surface area contributed by atoms with E-state index in [1.165, 1.54) is 19.3 Å². The van der Waals surface area contributed by atoms with Crippen LogP contribution in [-0.2, 0) is 9.47 Å². The van der Waals surface area contributed by atoms with E-state index in [1.807, 2.05) is 36.4 Å². The minimum absolute atomic E-state index is 0.112. The molecule has 4 rings (SSSR count). The summed E-state index contributed by atoms with van der Waals surface area (Å²) in [6.45, 7) is 2.68. The molecule has 1 heterocycles. The van der Waals surface area contributed by atoms with Crippen molar-refractivity contribution in [1.82, 2.24) is 20.3 Å². The Morgan fingerprint density at radius 2 is 1.48 bits per heavy atom. The average Bonchev–Trinajstić information content (AvgIpc) is 3.02. The van der Waals surface area contributed by atoms with Crippen LogP contribution < -0.4 is 30.7 Å². The van der Waals surface area contributed by atoms with Crippen molar-refractivity contribution in [3.63, 3.8) is 0 Å². The molecule has 12 nitrogen and oxygen atoms in total. The first-order valence-electron chi connectivity index (χ1n) is 14.4. The summed E-state index contributed by atoms with van der Waals surface area (Å²) < 4.78 is 22.0. The van der Waals surface area contributed by atoms with E-state index in [0.29, 0.717) is 80.5 Å². The van der Waals surface area contributed by atoms with Gasteiger partial charge in [0.1, 0.15) is 0 Å². The van der Waals surface area contributed by atoms with Crippen LogP contribution in [0.4, 0.5) is 23.5 Å². The first kappa shape index (κ1) is 30.8. The average molecular weight is 580 g/mol. The maximum Gasteiger partial charge on any atom is 0.251 e. The topological polar surface area (TPSA) is 141 Å². The standard InChI is InChI=1S/C30H41N7O5/c1-39-25-14-13-24(21-26(25)40-2)34-30-36-28(35-29(37-30)33-23-11-7-4-8-12-23)32-16-18-42-20-19-41-17-15-31-27(38)22-9-5-3-6-10-22/h3,5-6,9-10,13-14,21,23H,4,7-8,11-12,15-20H2,1-2H3,(H,31,38)(H3,32,33,34,35,36,37). The predicted octanol–water partition coefficient (Wildman–Crippen LogP) is 4.25. The van der Waals surface area contributed by atoms with E-state index in [1.54, 1.807) is 26.4 Å². The van der Waals surface area contributed by atoms with Gasteiger partial charge in [-0.2, -0.15) is 15.0 Å². The third-order valence-electron chi connectivity index (χ3n) is 6.68. The molecule has 0 bridgehead atoms. The number of benzene rings is 2. The van der Waals surface area contributed by atoms with Crippen LogP contribution in [0.2, 0.25) is 0 Å². The van der Waals surface area contributed by atoms with Crippen LogP contribution in [0.3, 0.4) is 0 Å². The van der Waals surface area contributed by atoms with Crippen molar-refractivity contribution in [1.29, 1.82) is 0 Å². The number of anilines is 4. The molecule has 0 unspecified atom stereocenters. The number of rotatable bonds is 17. The molecule has 4 N–H and O–H groups in total. The van der Waals surface area contributed by atoms with E-state index in [4.69, 9.17) is 18.9 Å². The number of nitrogens with zero attached hydrogens (tertiary/aromatic N) is 3. The van der Waals surface area contributed by atoms with Crippen LogP contribution >= 0.6 is 0 Å². The molecule has 0 spiro atoms. The largest absolute Gasteiger partial charge is 0.493 e. The quantitative estimate of drug-likeness (QED) is 0.171. The number of aromatic nitrogens is 3. The molecule has 1 aromatic heterocycles. The highest BCUT2D eigenvalue weighted by molar-refractivity contribution is 5.94. The van der Waals surface area contributed by atoms with Gasteiger partial charge >= 0.3 is 0 Å². The highest BCUT2D eigenvalue weighted by atomic mass is 16.5. The second-order valence-electron chi connectivity index (χ2n) is 9.75. The monoisotopic (exact) mass is 579 g/mol. The van der Waals surface area contributed by atoms with Gasteiger partial charge in [0.25, 0.3) is 5.91 Å². The molecule has 0 saturated heterocycles. The lowest BCUT2D eigenvalue weighted by Crippen LogP contribution is -2.27. The van der Waals surface area contributed by atoms with Crippen LogP contribution in [0, 0.1) is 0 Å². The lowest BCUT2D eigenvalue weighted by Gasteiger charge is -2.23. The first-order valence-corrected chi connectivity index (χ1v) is 14.4. The van der Waals surface area contributed by atoms with Gasteiger partial charge in [0.15, 0.2) is 11.5 Å². The number of carbonyl (C=O) groups excluding carboxylic acids is 1. The first-order chi connectivity index (χ1) is 20.6. The third kappa shape index (κ3) is 10.0. The summed E-state index contributed by atoms with van der Waals surface area (Å²) >= 11 is 0. The van der Waals surface area contributed by atoms with E-state index in [0.717, 1.165) is 18.5 Å². The molecule has 1 fully saturated rings. The Balaban J connectivity index is 1.21. The Morgan fingerprint density at radius 3 is 2.21 bits per heavy atom. The van der Waals surface area contributed by atoms with Crippen molar-refractivity contribution in [2.24, 2.45) is 0 Å². The smallest absolute Gasteiger partial charge is 0.251 e. The molecule has 42 heavy (non-hydrogen) atoms. The number of carbonyl (C=O) groups is 1. The van der Waals surface area contributed by atoms with Crippen LogP contribution in [-0.4, -0.2) is 80.6 Å². The summed E-state index contributed by atoms with van der Waals surface area (Å²) in [6, 6.07) is 15.0. The lowest BCUT2D eigenvalue weighted by molar-refractivity contribution is 0.0519. The fourth-order valence-corrected chi connectivity index (χ4v) is 4.53. The summed E-state index contributed by atoms with van der Waals surface area (Å²) in [5.41, 5.74) is 1.39. The van der Waals surface area contributed by atoms with Crippen LogP contribution in [0.5, 0.6) is 11.5 Å². The number of hydrogen-bond donors (Lipinski definition) is 4. The summed E-state index contributed by atoms with van der Waals surface area (Å²) in [6.07, 6.45) is 5.87. The Bertz CT molecular complexity index is 1240.